The van der Waals surface area contributed by atoms with Crippen LogP contribution < -0.4 is 0 Å². The van der Waals surface area contributed by atoms with E-state index in [4.69, 9.17) is 4.57 Å². The Morgan fingerprint density at radius 2 is 1.48 bits per heavy atom. The number of aryl methyl sites for hydroxylation is 3. The predicted octanol–water partition coefficient (Wildman–Crippen LogP) is 5.97. The molecule has 1 saturated carbocycles. The lowest BCUT2D eigenvalue weighted by Gasteiger charge is -2.50. The topological polar surface area (TPSA) is 71.4 Å². The van der Waals surface area contributed by atoms with Gasteiger partial charge in [-0.05, 0) is 57.6 Å². The number of aliphatic carboxylic acids is 1. The van der Waals surface area contributed by atoms with E-state index in [2.05, 4.69) is 0 Å². The molecule has 1 N–H and O–H groups in total. The molecule has 27 heavy (non-hydrogen) atoms. The molecule has 0 radical (unpaired) electrons. The van der Waals surface area contributed by atoms with E-state index in [1.54, 1.807) is 16.0 Å². The van der Waals surface area contributed by atoms with E-state index in [1.165, 1.54) is 0 Å². The number of hydrogen-bond acceptors (Lipinski definition) is 3. The normalized spacial score (nSPS) is 18.2. The van der Waals surface area contributed by atoms with Crippen molar-refractivity contribution in [2.75, 3.05) is 0 Å². The van der Waals surface area contributed by atoms with Crippen LogP contribution in [0.15, 0.2) is 12.1 Å². The van der Waals surface area contributed by atoms with Crippen molar-refractivity contribution in [3.05, 3.63) is 34.4 Å². The van der Waals surface area contributed by atoms with Crippen molar-refractivity contribution in [1.82, 2.24) is 0 Å². The van der Waals surface area contributed by atoms with Crippen molar-refractivity contribution in [2.24, 2.45) is 16.7 Å². The third kappa shape index (κ3) is 4.01. The van der Waals surface area contributed by atoms with E-state index in [9.17, 15) is 14.7 Å². The van der Waals surface area contributed by atoms with Crippen molar-refractivity contribution in [1.29, 1.82) is 0 Å². The minimum Gasteiger partial charge on any atom is -0.481 e. The Hall–Kier alpha value is -1.54. The first-order valence-electron chi connectivity index (χ1n) is 9.64. The lowest BCUT2D eigenvalue weighted by atomic mass is 9.51. The van der Waals surface area contributed by atoms with Crippen LogP contribution in [0, 0.1) is 37.5 Å². The van der Waals surface area contributed by atoms with E-state index in [0.29, 0.717) is 12.8 Å². The minimum atomic E-state index is -1.06. The van der Waals surface area contributed by atoms with Crippen molar-refractivity contribution < 1.29 is 19.3 Å². The highest BCUT2D eigenvalue weighted by Crippen LogP contribution is 2.56. The monoisotopic (exact) mass is 392 g/mol. The molecule has 1 fully saturated rings. The Morgan fingerprint density at radius 3 is 1.85 bits per heavy atom. The van der Waals surface area contributed by atoms with Crippen molar-refractivity contribution in [2.45, 2.75) is 73.6 Å². The van der Waals surface area contributed by atoms with E-state index in [1.807, 2.05) is 46.8 Å². The third-order valence-electron chi connectivity index (χ3n) is 6.64. The van der Waals surface area contributed by atoms with Crippen LogP contribution in [0.5, 0.6) is 0 Å². The molecular formula is C22H33O4P. The maximum Gasteiger partial charge on any atom is 0.310 e. The zero-order valence-corrected chi connectivity index (χ0v) is 18.4. The Bertz CT molecular complexity index is 681. The summed E-state index contributed by atoms with van der Waals surface area (Å²) in [6.07, 6.45) is 4.25. The van der Waals surface area contributed by atoms with Gasteiger partial charge in [0, 0.05) is 11.0 Å². The SMILES string of the molecule is Cc1cc(C)c(C(=O)C2(C(C)(C(=O)O)C(C)C)CCCCC2)c(C)c1.O=P. The smallest absolute Gasteiger partial charge is 0.310 e. The van der Waals surface area contributed by atoms with Gasteiger partial charge in [-0.25, -0.2) is 0 Å². The number of Topliss-reactive ketones (excluding diaryl/α,β-unsaturated/α-hetero) is 1. The largest absolute Gasteiger partial charge is 0.481 e. The van der Waals surface area contributed by atoms with Gasteiger partial charge in [0.1, 0.15) is 9.12 Å². The quantitative estimate of drug-likeness (QED) is 0.495. The molecule has 0 amide bonds. The maximum atomic E-state index is 13.9. The fraction of sp³-hybridized carbons (Fsp3) is 0.636. The fourth-order valence-corrected chi connectivity index (χ4v) is 4.92. The highest BCUT2D eigenvalue weighted by atomic mass is 31.0. The van der Waals surface area contributed by atoms with Gasteiger partial charge in [0.15, 0.2) is 5.78 Å². The lowest BCUT2D eigenvalue weighted by Crippen LogP contribution is -2.55. The number of carbonyl (C=O) groups is 2. The summed E-state index contributed by atoms with van der Waals surface area (Å²) in [5.74, 6) is -0.918. The van der Waals surface area contributed by atoms with E-state index in [0.717, 1.165) is 41.5 Å². The van der Waals surface area contributed by atoms with Gasteiger partial charge in [-0.15, -0.1) is 0 Å². The van der Waals surface area contributed by atoms with Crippen LogP contribution in [-0.4, -0.2) is 16.9 Å². The van der Waals surface area contributed by atoms with Crippen LogP contribution in [0.2, 0.25) is 0 Å². The van der Waals surface area contributed by atoms with Crippen molar-refractivity contribution in [3.8, 4) is 0 Å². The molecular weight excluding hydrogens is 359 g/mol. The molecule has 1 aliphatic carbocycles. The van der Waals surface area contributed by atoms with Gasteiger partial charge in [0.25, 0.3) is 0 Å². The summed E-state index contributed by atoms with van der Waals surface area (Å²) >= 11 is 0. The molecule has 0 bridgehead atoms. The summed E-state index contributed by atoms with van der Waals surface area (Å²) < 4.78 is 8.06. The number of carboxylic acid groups (broad SMARTS) is 1. The van der Waals surface area contributed by atoms with Gasteiger partial charge in [-0.3, -0.25) is 14.2 Å². The molecule has 0 aliphatic heterocycles. The van der Waals surface area contributed by atoms with Crippen molar-refractivity contribution in [3.63, 3.8) is 0 Å². The second kappa shape index (κ2) is 9.10. The van der Waals surface area contributed by atoms with Gasteiger partial charge in [0.05, 0.1) is 5.41 Å². The molecule has 0 saturated heterocycles. The van der Waals surface area contributed by atoms with Gasteiger partial charge in [0.2, 0.25) is 0 Å². The van der Waals surface area contributed by atoms with E-state index >= 15 is 0 Å². The average molecular weight is 392 g/mol. The van der Waals surface area contributed by atoms with Crippen LogP contribution in [0.1, 0.15) is 79.9 Å². The molecule has 150 valence electrons. The second-order valence-corrected chi connectivity index (χ2v) is 8.41. The van der Waals surface area contributed by atoms with Crippen LogP contribution in [0.25, 0.3) is 0 Å². The Morgan fingerprint density at radius 1 is 1.04 bits per heavy atom. The summed E-state index contributed by atoms with van der Waals surface area (Å²) in [5, 5.41) is 10.1. The average Bonchev–Trinajstić information content (AvgIpc) is 2.61. The molecule has 1 aliphatic rings. The first kappa shape index (κ1) is 23.5. The van der Waals surface area contributed by atoms with Crippen LogP contribution in [-0.2, 0) is 9.36 Å². The minimum absolute atomic E-state index is 0.0424. The Kier molecular flexibility index (Phi) is 7.92. The van der Waals surface area contributed by atoms with Gasteiger partial charge < -0.3 is 5.11 Å². The number of carbonyl (C=O) groups excluding carboxylic acids is 1. The maximum absolute atomic E-state index is 13.9. The number of carboxylic acids is 1. The highest BCUT2D eigenvalue weighted by molar-refractivity contribution is 7.00. The summed E-state index contributed by atoms with van der Waals surface area (Å²) in [7, 11) is 1.72. The lowest BCUT2D eigenvalue weighted by molar-refractivity contribution is -0.161. The standard InChI is InChI=1S/C22H32O3.HOP/c1-14(2)21(6,20(24)25)22(10-8-7-9-11-22)19(23)18-16(4)12-15(3)13-17(18)5;1-2/h12-14H,7-11H2,1-6H3,(H,24,25);2H. The third-order valence-corrected chi connectivity index (χ3v) is 6.64. The van der Waals surface area contributed by atoms with E-state index < -0.39 is 16.8 Å². The van der Waals surface area contributed by atoms with Crippen LogP contribution in [0.4, 0.5) is 0 Å². The van der Waals surface area contributed by atoms with Crippen LogP contribution in [0.3, 0.4) is 0 Å². The summed E-state index contributed by atoms with van der Waals surface area (Å²) in [4.78, 5) is 26.2. The first-order valence-corrected chi connectivity index (χ1v) is 10.0. The Labute approximate surface area is 165 Å². The van der Waals surface area contributed by atoms with Gasteiger partial charge in [-0.1, -0.05) is 50.8 Å². The van der Waals surface area contributed by atoms with Gasteiger partial charge in [-0.2, -0.15) is 0 Å². The molecule has 0 heterocycles. The van der Waals surface area contributed by atoms with Crippen molar-refractivity contribution >= 4 is 20.9 Å². The molecule has 5 heteroatoms. The summed E-state index contributed by atoms with van der Waals surface area (Å²) in [5.41, 5.74) is 1.91. The highest BCUT2D eigenvalue weighted by Gasteiger charge is 2.59. The molecule has 0 aromatic heterocycles. The molecule has 1 aromatic rings. The summed E-state index contributed by atoms with van der Waals surface area (Å²) in [6, 6.07) is 4.06. The zero-order valence-electron chi connectivity index (χ0n) is 17.4. The number of benzene rings is 1. The molecule has 2 rings (SSSR count). The number of ketones is 1. The zero-order chi connectivity index (χ0) is 21.0. The fourth-order valence-electron chi connectivity index (χ4n) is 4.92. The molecule has 1 atom stereocenters. The van der Waals surface area contributed by atoms with Crippen LogP contribution >= 0.6 is 9.12 Å². The molecule has 1 aromatic carbocycles. The number of rotatable bonds is 5. The molecule has 4 nitrogen and oxygen atoms in total. The summed E-state index contributed by atoms with van der Waals surface area (Å²) in [6.45, 7) is 11.6. The Balaban J connectivity index is 0.00000176. The number of hydrogen-bond donors (Lipinski definition) is 1. The predicted molar refractivity (Wildman–Crippen MR) is 110 cm³/mol. The van der Waals surface area contributed by atoms with Gasteiger partial charge >= 0.3 is 5.97 Å². The molecule has 1 unspecified atom stereocenters. The molecule has 0 spiro atoms. The first-order chi connectivity index (χ1) is 12.6. The second-order valence-electron chi connectivity index (χ2n) is 8.41. The van der Waals surface area contributed by atoms with E-state index in [-0.39, 0.29) is 11.7 Å².